The Balaban J connectivity index is 3.10. The third-order valence-electron chi connectivity index (χ3n) is 2.06. The minimum atomic E-state index is 0.0493. The zero-order chi connectivity index (χ0) is 11.5. The van der Waals surface area contributed by atoms with E-state index in [4.69, 9.17) is 11.2 Å². The van der Waals surface area contributed by atoms with Gasteiger partial charge >= 0.3 is 0 Å². The summed E-state index contributed by atoms with van der Waals surface area (Å²) in [7, 11) is 0. The van der Waals surface area contributed by atoms with Gasteiger partial charge in [0.15, 0.2) is 0 Å². The second kappa shape index (κ2) is 4.72. The predicted octanol–water partition coefficient (Wildman–Crippen LogP) is 3.76. The number of hydrogen-bond donors (Lipinski definition) is 0. The first-order valence-electron chi connectivity index (χ1n) is 4.81. The maximum absolute atomic E-state index is 5.51. The fourth-order valence-corrected chi connectivity index (χ4v) is 1.69. The van der Waals surface area contributed by atoms with Gasteiger partial charge in [0, 0.05) is 10.0 Å². The Hall–Kier alpha value is -0.940. The number of benzene rings is 1. The lowest BCUT2D eigenvalue weighted by molar-refractivity contribution is 0.357. The van der Waals surface area contributed by atoms with E-state index in [1.165, 1.54) is 0 Å². The molecule has 1 aromatic rings. The second-order valence-corrected chi connectivity index (χ2v) is 5.30. The van der Waals surface area contributed by atoms with E-state index in [2.05, 4.69) is 48.7 Å². The van der Waals surface area contributed by atoms with E-state index in [9.17, 15) is 0 Å². The van der Waals surface area contributed by atoms with E-state index in [1.807, 2.05) is 12.1 Å². The summed E-state index contributed by atoms with van der Waals surface area (Å²) in [5.74, 6) is 3.34. The van der Waals surface area contributed by atoms with Gasteiger partial charge in [-0.2, -0.15) is 0 Å². The Morgan fingerprint density at radius 2 is 2.07 bits per heavy atom. The molecule has 0 aliphatic carbocycles. The van der Waals surface area contributed by atoms with Crippen molar-refractivity contribution in [3.05, 3.63) is 28.2 Å². The highest BCUT2D eigenvalue weighted by molar-refractivity contribution is 9.10. The van der Waals surface area contributed by atoms with Gasteiger partial charge in [-0.1, -0.05) is 42.6 Å². The normalized spacial score (nSPS) is 10.9. The van der Waals surface area contributed by atoms with Gasteiger partial charge in [-0.3, -0.25) is 0 Å². The highest BCUT2D eigenvalue weighted by Crippen LogP contribution is 2.33. The Kier molecular flexibility index (Phi) is 3.82. The quantitative estimate of drug-likeness (QED) is 0.741. The summed E-state index contributed by atoms with van der Waals surface area (Å²) in [5, 5.41) is 0. The summed E-state index contributed by atoms with van der Waals surface area (Å²) >= 11 is 3.46. The van der Waals surface area contributed by atoms with Crippen molar-refractivity contribution in [2.45, 2.75) is 26.2 Å². The maximum Gasteiger partial charge on any atom is 0.148 e. The Morgan fingerprint density at radius 1 is 1.40 bits per heavy atom. The van der Waals surface area contributed by atoms with Gasteiger partial charge in [-0.05, 0) is 23.6 Å². The van der Waals surface area contributed by atoms with Crippen LogP contribution < -0.4 is 4.74 Å². The smallest absolute Gasteiger partial charge is 0.148 e. The van der Waals surface area contributed by atoms with Gasteiger partial charge in [-0.15, -0.1) is 6.42 Å². The maximum atomic E-state index is 5.51. The third-order valence-corrected chi connectivity index (χ3v) is 2.55. The summed E-state index contributed by atoms with van der Waals surface area (Å²) in [6.07, 6.45) is 5.18. The number of hydrogen-bond acceptors (Lipinski definition) is 1. The van der Waals surface area contributed by atoms with Crippen LogP contribution in [0.1, 0.15) is 26.3 Å². The van der Waals surface area contributed by atoms with Crippen molar-refractivity contribution in [1.82, 2.24) is 0 Å². The van der Waals surface area contributed by atoms with Crippen LogP contribution in [-0.4, -0.2) is 6.61 Å². The number of ether oxygens (including phenoxy) is 1. The average Bonchev–Trinajstić information content (AvgIpc) is 2.14. The van der Waals surface area contributed by atoms with E-state index >= 15 is 0 Å². The molecule has 0 saturated carbocycles. The zero-order valence-corrected chi connectivity index (χ0v) is 10.9. The highest BCUT2D eigenvalue weighted by atomic mass is 79.9. The first-order valence-corrected chi connectivity index (χ1v) is 5.61. The van der Waals surface area contributed by atoms with E-state index in [0.29, 0.717) is 6.61 Å². The molecule has 1 rings (SSSR count). The van der Waals surface area contributed by atoms with Gasteiger partial charge in [0.2, 0.25) is 0 Å². The Bertz CT molecular complexity index is 383. The van der Waals surface area contributed by atoms with Crippen molar-refractivity contribution in [1.29, 1.82) is 0 Å². The number of terminal acetylenes is 1. The molecule has 0 N–H and O–H groups in total. The highest BCUT2D eigenvalue weighted by Gasteiger charge is 2.19. The van der Waals surface area contributed by atoms with Gasteiger partial charge in [-0.25, -0.2) is 0 Å². The molecular weight excluding hydrogens is 252 g/mol. The molecule has 1 nitrogen and oxygen atoms in total. The number of halogens is 1. The molecule has 0 atom stereocenters. The van der Waals surface area contributed by atoms with Crippen LogP contribution in [0.5, 0.6) is 5.75 Å². The van der Waals surface area contributed by atoms with Gasteiger partial charge in [0.25, 0.3) is 0 Å². The van der Waals surface area contributed by atoms with E-state index in [-0.39, 0.29) is 5.41 Å². The molecule has 0 heterocycles. The minimum absolute atomic E-state index is 0.0493. The fraction of sp³-hybridized carbons (Fsp3) is 0.385. The summed E-state index contributed by atoms with van der Waals surface area (Å²) in [4.78, 5) is 0. The molecule has 0 amide bonds. The lowest BCUT2D eigenvalue weighted by Gasteiger charge is -2.22. The zero-order valence-electron chi connectivity index (χ0n) is 9.30. The van der Waals surface area contributed by atoms with Crippen molar-refractivity contribution in [2.24, 2.45) is 0 Å². The molecule has 0 aliphatic rings. The molecule has 0 fully saturated rings. The monoisotopic (exact) mass is 266 g/mol. The van der Waals surface area contributed by atoms with Crippen molar-refractivity contribution < 1.29 is 4.74 Å². The first kappa shape index (κ1) is 12.1. The molecule has 80 valence electrons. The van der Waals surface area contributed by atoms with Crippen molar-refractivity contribution in [3.63, 3.8) is 0 Å². The van der Waals surface area contributed by atoms with Crippen LogP contribution in [0, 0.1) is 12.3 Å². The molecule has 0 bridgehead atoms. The molecule has 0 aliphatic heterocycles. The van der Waals surface area contributed by atoms with Crippen LogP contribution in [-0.2, 0) is 5.41 Å². The molecule has 0 unspecified atom stereocenters. The standard InChI is InChI=1S/C13H15BrO/c1-5-8-15-12-7-6-10(14)9-11(12)13(2,3)4/h1,6-7,9H,8H2,2-4H3. The fourth-order valence-electron chi connectivity index (χ4n) is 1.33. The van der Waals surface area contributed by atoms with Crippen molar-refractivity contribution >= 4 is 15.9 Å². The molecule has 0 spiro atoms. The van der Waals surface area contributed by atoms with Crippen molar-refractivity contribution in [3.8, 4) is 18.1 Å². The molecule has 2 heteroatoms. The second-order valence-electron chi connectivity index (χ2n) is 4.38. The summed E-state index contributed by atoms with van der Waals surface area (Å²) in [6.45, 7) is 6.76. The molecule has 0 radical (unpaired) electrons. The van der Waals surface area contributed by atoms with Gasteiger partial charge < -0.3 is 4.74 Å². The van der Waals surface area contributed by atoms with Crippen LogP contribution in [0.2, 0.25) is 0 Å². The van der Waals surface area contributed by atoms with Crippen LogP contribution in [0.25, 0.3) is 0 Å². The average molecular weight is 267 g/mol. The van der Waals surface area contributed by atoms with Crippen molar-refractivity contribution in [2.75, 3.05) is 6.61 Å². The van der Waals surface area contributed by atoms with Crippen LogP contribution in [0.3, 0.4) is 0 Å². The molecule has 0 aromatic heterocycles. The largest absolute Gasteiger partial charge is 0.481 e. The Labute approximate surface area is 100.0 Å². The summed E-state index contributed by atoms with van der Waals surface area (Å²) in [6, 6.07) is 5.98. The molecule has 15 heavy (non-hydrogen) atoms. The Morgan fingerprint density at radius 3 is 2.60 bits per heavy atom. The molecule has 1 aromatic carbocycles. The van der Waals surface area contributed by atoms with Crippen LogP contribution in [0.15, 0.2) is 22.7 Å². The summed E-state index contributed by atoms with van der Waals surface area (Å²) < 4.78 is 6.57. The third kappa shape index (κ3) is 3.28. The topological polar surface area (TPSA) is 9.23 Å². The molecular formula is C13H15BrO. The van der Waals surface area contributed by atoms with Crippen LogP contribution in [0.4, 0.5) is 0 Å². The summed E-state index contributed by atoms with van der Waals surface area (Å²) in [5.41, 5.74) is 1.21. The predicted molar refractivity (Wildman–Crippen MR) is 67.2 cm³/mol. The lowest BCUT2D eigenvalue weighted by Crippen LogP contribution is -2.13. The van der Waals surface area contributed by atoms with Crippen LogP contribution >= 0.6 is 15.9 Å². The molecule has 0 saturated heterocycles. The van der Waals surface area contributed by atoms with E-state index < -0.39 is 0 Å². The first-order chi connectivity index (χ1) is 6.95. The van der Waals surface area contributed by atoms with Gasteiger partial charge in [0.1, 0.15) is 12.4 Å². The van der Waals surface area contributed by atoms with E-state index in [0.717, 1.165) is 15.8 Å². The SMILES string of the molecule is C#CCOc1ccc(Br)cc1C(C)(C)C. The van der Waals surface area contributed by atoms with E-state index in [1.54, 1.807) is 0 Å². The van der Waals surface area contributed by atoms with Gasteiger partial charge in [0.05, 0.1) is 0 Å². The minimum Gasteiger partial charge on any atom is -0.481 e. The lowest BCUT2D eigenvalue weighted by atomic mass is 9.86. The number of rotatable bonds is 2.